The first-order valence-corrected chi connectivity index (χ1v) is 7.16. The predicted molar refractivity (Wildman–Crippen MR) is 70.7 cm³/mol. The zero-order chi connectivity index (χ0) is 14.3. The van der Waals surface area contributed by atoms with E-state index in [0.717, 1.165) is 5.82 Å². The minimum atomic E-state index is -2.52. The van der Waals surface area contributed by atoms with Crippen LogP contribution >= 0.6 is 11.6 Å². The van der Waals surface area contributed by atoms with E-state index in [4.69, 9.17) is 11.6 Å². The molecule has 108 valence electrons. The van der Waals surface area contributed by atoms with Gasteiger partial charge in [-0.1, -0.05) is 0 Å². The van der Waals surface area contributed by atoms with Crippen LogP contribution < -0.4 is 0 Å². The molecule has 1 aliphatic carbocycles. The van der Waals surface area contributed by atoms with Gasteiger partial charge in [0, 0.05) is 24.3 Å². The summed E-state index contributed by atoms with van der Waals surface area (Å²) < 4.78 is 28.5. The molecule has 19 heavy (non-hydrogen) atoms. The molecule has 6 heteroatoms. The minimum absolute atomic E-state index is 0.0586. The zero-order valence-electron chi connectivity index (χ0n) is 11.6. The molecule has 0 N–H and O–H groups in total. The molecule has 0 saturated heterocycles. The lowest BCUT2D eigenvalue weighted by molar-refractivity contribution is -0.0391. The molecule has 2 rings (SSSR count). The molecule has 1 aromatic heterocycles. The second kappa shape index (κ2) is 5.00. The van der Waals surface area contributed by atoms with Crippen molar-refractivity contribution < 1.29 is 8.78 Å². The highest BCUT2D eigenvalue weighted by Crippen LogP contribution is 2.41. The van der Waals surface area contributed by atoms with Crippen LogP contribution in [0.1, 0.15) is 64.0 Å². The first-order valence-electron chi connectivity index (χ1n) is 6.63. The molecule has 0 bridgehead atoms. The lowest BCUT2D eigenvalue weighted by Gasteiger charge is -2.31. The third-order valence-corrected chi connectivity index (χ3v) is 3.87. The van der Waals surface area contributed by atoms with Crippen LogP contribution in [0.2, 0.25) is 0 Å². The van der Waals surface area contributed by atoms with Gasteiger partial charge in [0.15, 0.2) is 0 Å². The van der Waals surface area contributed by atoms with Gasteiger partial charge in [0.1, 0.15) is 11.6 Å². The fraction of sp³-hybridized carbons (Fsp3) is 0.846. The zero-order valence-corrected chi connectivity index (χ0v) is 12.3. The average molecular weight is 292 g/mol. The molecule has 1 heterocycles. The molecule has 0 spiro atoms. The smallest absolute Gasteiger partial charge is 0.248 e. The van der Waals surface area contributed by atoms with Gasteiger partial charge in [0.25, 0.3) is 0 Å². The molecule has 1 fully saturated rings. The summed E-state index contributed by atoms with van der Waals surface area (Å²) in [4.78, 5) is 0. The minimum Gasteiger partial charge on any atom is -0.308 e. The van der Waals surface area contributed by atoms with Crippen LogP contribution in [0.5, 0.6) is 0 Å². The summed E-state index contributed by atoms with van der Waals surface area (Å²) >= 11 is 5.89. The van der Waals surface area contributed by atoms with Gasteiger partial charge in [-0.3, -0.25) is 0 Å². The van der Waals surface area contributed by atoms with E-state index in [1.54, 1.807) is 0 Å². The lowest BCUT2D eigenvalue weighted by atomic mass is 9.86. The van der Waals surface area contributed by atoms with E-state index >= 15 is 0 Å². The fourth-order valence-corrected chi connectivity index (χ4v) is 2.88. The van der Waals surface area contributed by atoms with Crippen molar-refractivity contribution in [3.8, 4) is 0 Å². The molecule has 0 amide bonds. The van der Waals surface area contributed by atoms with E-state index in [1.165, 1.54) is 0 Å². The Labute approximate surface area is 117 Å². The van der Waals surface area contributed by atoms with Gasteiger partial charge < -0.3 is 4.57 Å². The van der Waals surface area contributed by atoms with Crippen molar-refractivity contribution in [2.24, 2.45) is 0 Å². The number of aromatic nitrogens is 3. The van der Waals surface area contributed by atoms with Crippen LogP contribution in [0.3, 0.4) is 0 Å². The lowest BCUT2D eigenvalue weighted by Crippen LogP contribution is -2.30. The molecular formula is C13H20ClF2N3. The van der Waals surface area contributed by atoms with E-state index in [1.807, 2.05) is 25.3 Å². The summed E-state index contributed by atoms with van der Waals surface area (Å²) in [6, 6.07) is 0. The van der Waals surface area contributed by atoms with Gasteiger partial charge in [-0.25, -0.2) is 8.78 Å². The van der Waals surface area contributed by atoms with Crippen molar-refractivity contribution in [3.05, 3.63) is 11.6 Å². The summed E-state index contributed by atoms with van der Waals surface area (Å²) in [5.41, 5.74) is -0.191. The molecular weight excluding hydrogens is 272 g/mol. The van der Waals surface area contributed by atoms with Gasteiger partial charge in [0.05, 0.1) is 5.88 Å². The van der Waals surface area contributed by atoms with E-state index < -0.39 is 5.92 Å². The normalized spacial score (nSPS) is 20.7. The molecule has 0 atom stereocenters. The maximum Gasteiger partial charge on any atom is 0.248 e. The van der Waals surface area contributed by atoms with Crippen molar-refractivity contribution in [3.63, 3.8) is 0 Å². The van der Waals surface area contributed by atoms with Gasteiger partial charge in [0.2, 0.25) is 5.92 Å². The fourth-order valence-electron chi connectivity index (χ4n) is 2.71. The molecule has 0 unspecified atom stereocenters. The second-order valence-corrected chi connectivity index (χ2v) is 6.51. The second-order valence-electron chi connectivity index (χ2n) is 6.24. The molecule has 0 aliphatic heterocycles. The van der Waals surface area contributed by atoms with Crippen molar-refractivity contribution in [1.29, 1.82) is 0 Å². The van der Waals surface area contributed by atoms with Crippen LogP contribution in [0.4, 0.5) is 8.78 Å². The molecule has 1 saturated carbocycles. The third kappa shape index (κ3) is 3.07. The number of halogens is 3. The Kier molecular flexibility index (Phi) is 3.87. The van der Waals surface area contributed by atoms with Crippen LogP contribution in [0.25, 0.3) is 0 Å². The SMILES string of the molecule is CC(C)(C)n1c(CCl)nnc1C1CCC(F)(F)CC1. The molecule has 0 aromatic carbocycles. The Morgan fingerprint density at radius 3 is 2.32 bits per heavy atom. The van der Waals surface area contributed by atoms with Crippen molar-refractivity contribution in [2.75, 3.05) is 0 Å². The van der Waals surface area contributed by atoms with Gasteiger partial charge in [-0.05, 0) is 33.6 Å². The van der Waals surface area contributed by atoms with Gasteiger partial charge in [-0.15, -0.1) is 21.8 Å². The first kappa shape index (κ1) is 14.7. The maximum absolute atomic E-state index is 13.2. The summed E-state index contributed by atoms with van der Waals surface area (Å²) in [5.74, 6) is -0.658. The van der Waals surface area contributed by atoms with E-state index in [9.17, 15) is 8.78 Å². The number of alkyl halides is 3. The predicted octanol–water partition coefficient (Wildman–Crippen LogP) is 4.06. The number of nitrogens with zero attached hydrogens (tertiary/aromatic N) is 3. The van der Waals surface area contributed by atoms with Crippen molar-refractivity contribution >= 4 is 11.6 Å². The first-order chi connectivity index (χ1) is 8.74. The third-order valence-electron chi connectivity index (χ3n) is 3.63. The van der Waals surface area contributed by atoms with Crippen LogP contribution in [0.15, 0.2) is 0 Å². The Bertz CT molecular complexity index is 441. The van der Waals surface area contributed by atoms with Crippen molar-refractivity contribution in [2.45, 2.75) is 69.7 Å². The number of hydrogen-bond donors (Lipinski definition) is 0. The topological polar surface area (TPSA) is 30.7 Å². The van der Waals surface area contributed by atoms with Gasteiger partial charge >= 0.3 is 0 Å². The Balaban J connectivity index is 2.29. The van der Waals surface area contributed by atoms with Crippen molar-refractivity contribution in [1.82, 2.24) is 14.8 Å². The summed E-state index contributed by atoms with van der Waals surface area (Å²) in [7, 11) is 0. The Morgan fingerprint density at radius 1 is 1.26 bits per heavy atom. The van der Waals surface area contributed by atoms with Crippen LogP contribution in [-0.2, 0) is 11.4 Å². The Morgan fingerprint density at radius 2 is 1.84 bits per heavy atom. The largest absolute Gasteiger partial charge is 0.308 e. The van der Waals surface area contributed by atoms with Crippen LogP contribution in [-0.4, -0.2) is 20.7 Å². The highest BCUT2D eigenvalue weighted by molar-refractivity contribution is 6.16. The molecule has 3 nitrogen and oxygen atoms in total. The average Bonchev–Trinajstić information content (AvgIpc) is 2.72. The number of rotatable bonds is 2. The quantitative estimate of drug-likeness (QED) is 0.769. The van der Waals surface area contributed by atoms with Gasteiger partial charge in [-0.2, -0.15) is 0 Å². The maximum atomic E-state index is 13.2. The summed E-state index contributed by atoms with van der Waals surface area (Å²) in [6.07, 6.45) is 0.794. The highest BCUT2D eigenvalue weighted by atomic mass is 35.5. The summed E-state index contributed by atoms with van der Waals surface area (Å²) in [5, 5.41) is 8.31. The van der Waals surface area contributed by atoms with E-state index in [0.29, 0.717) is 18.7 Å². The van der Waals surface area contributed by atoms with E-state index in [-0.39, 0.29) is 30.2 Å². The van der Waals surface area contributed by atoms with E-state index in [2.05, 4.69) is 10.2 Å². The molecule has 0 radical (unpaired) electrons. The Hall–Kier alpha value is -0.710. The monoisotopic (exact) mass is 291 g/mol. The summed E-state index contributed by atoms with van der Waals surface area (Å²) in [6.45, 7) is 6.15. The molecule has 1 aromatic rings. The number of hydrogen-bond acceptors (Lipinski definition) is 2. The molecule has 1 aliphatic rings. The highest BCUT2D eigenvalue weighted by Gasteiger charge is 2.38. The van der Waals surface area contributed by atoms with Crippen LogP contribution in [0, 0.1) is 0 Å². The standard InChI is InChI=1S/C13H20ClF2N3/c1-12(2,3)19-10(8-14)17-18-11(19)9-4-6-13(15,16)7-5-9/h9H,4-8H2,1-3H3.